The van der Waals surface area contributed by atoms with E-state index >= 15 is 0 Å². The van der Waals surface area contributed by atoms with Crippen LogP contribution in [0.15, 0.2) is 21.3 Å². The average Bonchev–Trinajstić information content (AvgIpc) is 2.63. The highest BCUT2D eigenvalue weighted by Crippen LogP contribution is 2.46. The van der Waals surface area contributed by atoms with Gasteiger partial charge in [0.15, 0.2) is 0 Å². The van der Waals surface area contributed by atoms with Gasteiger partial charge in [0.2, 0.25) is 0 Å². The Hall–Kier alpha value is -1.77. The summed E-state index contributed by atoms with van der Waals surface area (Å²) in [7, 11) is 0. The van der Waals surface area contributed by atoms with Crippen LogP contribution in [0, 0.1) is 5.92 Å². The Labute approximate surface area is 148 Å². The first kappa shape index (κ1) is 15.5. The van der Waals surface area contributed by atoms with Crippen molar-refractivity contribution in [1.29, 1.82) is 0 Å². The minimum absolute atomic E-state index is 0.00652. The van der Waals surface area contributed by atoms with Crippen LogP contribution in [0.1, 0.15) is 68.6 Å². The molecule has 1 spiro atoms. The number of hydrogen-bond acceptors (Lipinski definition) is 3. The molecule has 5 rings (SSSR count). The summed E-state index contributed by atoms with van der Waals surface area (Å²) in [6, 6.07) is 4.25. The third kappa shape index (κ3) is 2.35. The van der Waals surface area contributed by atoms with E-state index in [-0.39, 0.29) is 11.2 Å². The van der Waals surface area contributed by atoms with E-state index < -0.39 is 0 Å². The minimum Gasteiger partial charge on any atom is -0.487 e. The number of benzene rings is 1. The number of fused-ring (bicyclic) bond motifs is 4. The zero-order valence-electron chi connectivity index (χ0n) is 15.0. The lowest BCUT2D eigenvalue weighted by Gasteiger charge is -2.46. The Bertz CT molecular complexity index is 894. The van der Waals surface area contributed by atoms with E-state index in [0.29, 0.717) is 11.5 Å². The molecule has 3 aliphatic rings. The molecule has 0 N–H and O–H groups in total. The maximum atomic E-state index is 12.4. The molecule has 25 heavy (non-hydrogen) atoms. The van der Waals surface area contributed by atoms with Crippen molar-refractivity contribution in [2.45, 2.75) is 76.7 Å². The van der Waals surface area contributed by atoms with Gasteiger partial charge in [0, 0.05) is 17.0 Å². The Kier molecular flexibility index (Phi) is 3.48. The second-order valence-corrected chi connectivity index (χ2v) is 8.32. The summed E-state index contributed by atoms with van der Waals surface area (Å²) in [4.78, 5) is 12.4. The van der Waals surface area contributed by atoms with Gasteiger partial charge in [-0.1, -0.05) is 13.3 Å². The molecule has 1 saturated carbocycles. The van der Waals surface area contributed by atoms with Gasteiger partial charge in [-0.15, -0.1) is 0 Å². The summed E-state index contributed by atoms with van der Waals surface area (Å²) in [5, 5.41) is 1.14. The first-order valence-electron chi connectivity index (χ1n) is 9.97. The van der Waals surface area contributed by atoms with Crippen molar-refractivity contribution in [1.82, 2.24) is 0 Å². The van der Waals surface area contributed by atoms with E-state index in [1.165, 1.54) is 36.8 Å². The first-order chi connectivity index (χ1) is 12.2. The Morgan fingerprint density at radius 3 is 2.68 bits per heavy atom. The summed E-state index contributed by atoms with van der Waals surface area (Å²) >= 11 is 0. The van der Waals surface area contributed by atoms with Crippen LogP contribution in [0.25, 0.3) is 11.0 Å². The van der Waals surface area contributed by atoms with E-state index in [1.54, 1.807) is 0 Å². The van der Waals surface area contributed by atoms with Crippen molar-refractivity contribution < 1.29 is 9.15 Å². The summed E-state index contributed by atoms with van der Waals surface area (Å²) in [5.41, 5.74) is 3.99. The van der Waals surface area contributed by atoms with Crippen LogP contribution in [0.5, 0.6) is 5.75 Å². The highest BCUT2D eigenvalue weighted by atomic mass is 16.5. The molecule has 2 unspecified atom stereocenters. The molecule has 0 bridgehead atoms. The fourth-order valence-corrected chi connectivity index (χ4v) is 5.33. The molecule has 0 amide bonds. The van der Waals surface area contributed by atoms with Gasteiger partial charge in [-0.3, -0.25) is 0 Å². The molecule has 0 saturated heterocycles. The zero-order chi connectivity index (χ0) is 17.0. The lowest BCUT2D eigenvalue weighted by molar-refractivity contribution is -0.0331. The number of hydrogen-bond donors (Lipinski definition) is 0. The van der Waals surface area contributed by atoms with Gasteiger partial charge in [0.05, 0.1) is 0 Å². The van der Waals surface area contributed by atoms with Crippen molar-refractivity contribution in [2.24, 2.45) is 5.92 Å². The Morgan fingerprint density at radius 2 is 1.84 bits per heavy atom. The maximum absolute atomic E-state index is 12.4. The lowest BCUT2D eigenvalue weighted by atomic mass is 9.72. The molecule has 2 heterocycles. The summed E-state index contributed by atoms with van der Waals surface area (Å²) in [6.07, 6.45) is 11.3. The fraction of sp³-hybridized carbons (Fsp3) is 0.591. The van der Waals surface area contributed by atoms with Crippen LogP contribution in [-0.4, -0.2) is 5.60 Å². The van der Waals surface area contributed by atoms with Crippen molar-refractivity contribution in [3.8, 4) is 5.75 Å². The second-order valence-electron chi connectivity index (χ2n) is 8.32. The van der Waals surface area contributed by atoms with Gasteiger partial charge in [-0.2, -0.15) is 0 Å². The standard InChI is InChI=1S/C22H26O3/c1-14-6-4-5-10-22(14)11-9-15-12-18-16-7-2-3-8-17(16)21(23)24-20(18)13-19(15)25-22/h12-14H,2-11H2,1H3. The van der Waals surface area contributed by atoms with Crippen molar-refractivity contribution in [3.05, 3.63) is 39.2 Å². The summed E-state index contributed by atoms with van der Waals surface area (Å²) < 4.78 is 12.3. The molecule has 1 fully saturated rings. The predicted molar refractivity (Wildman–Crippen MR) is 98.4 cm³/mol. The molecule has 3 heteroatoms. The highest BCUT2D eigenvalue weighted by Gasteiger charge is 2.42. The van der Waals surface area contributed by atoms with Crippen LogP contribution < -0.4 is 10.4 Å². The van der Waals surface area contributed by atoms with Crippen molar-refractivity contribution in [2.75, 3.05) is 0 Å². The maximum Gasteiger partial charge on any atom is 0.339 e. The van der Waals surface area contributed by atoms with Gasteiger partial charge in [0.25, 0.3) is 0 Å². The Balaban J connectivity index is 1.63. The monoisotopic (exact) mass is 338 g/mol. The molecule has 3 nitrogen and oxygen atoms in total. The molecular weight excluding hydrogens is 312 g/mol. The van der Waals surface area contributed by atoms with E-state index in [4.69, 9.17) is 9.15 Å². The summed E-state index contributed by atoms with van der Waals surface area (Å²) in [5.74, 6) is 1.55. The molecule has 2 aliphatic carbocycles. The molecule has 2 atom stereocenters. The van der Waals surface area contributed by atoms with E-state index in [2.05, 4.69) is 13.0 Å². The van der Waals surface area contributed by atoms with E-state index in [0.717, 1.165) is 55.2 Å². The smallest absolute Gasteiger partial charge is 0.339 e. The van der Waals surface area contributed by atoms with Crippen LogP contribution >= 0.6 is 0 Å². The molecule has 2 aromatic rings. The lowest BCUT2D eigenvalue weighted by Crippen LogP contribution is -2.47. The van der Waals surface area contributed by atoms with Crippen molar-refractivity contribution in [3.63, 3.8) is 0 Å². The largest absolute Gasteiger partial charge is 0.487 e. The number of ether oxygens (including phenoxy) is 1. The molecule has 1 aromatic heterocycles. The Morgan fingerprint density at radius 1 is 1.00 bits per heavy atom. The zero-order valence-corrected chi connectivity index (χ0v) is 15.0. The quantitative estimate of drug-likeness (QED) is 0.638. The minimum atomic E-state index is -0.140. The van der Waals surface area contributed by atoms with Crippen LogP contribution in [0.4, 0.5) is 0 Å². The van der Waals surface area contributed by atoms with Gasteiger partial charge in [-0.05, 0) is 80.9 Å². The molecular formula is C22H26O3. The average molecular weight is 338 g/mol. The fourth-order valence-electron chi connectivity index (χ4n) is 5.33. The van der Waals surface area contributed by atoms with Gasteiger partial charge >= 0.3 is 5.63 Å². The third-order valence-electron chi connectivity index (χ3n) is 6.92. The second kappa shape index (κ2) is 5.62. The van der Waals surface area contributed by atoms with Gasteiger partial charge in [0.1, 0.15) is 16.9 Å². The third-order valence-corrected chi connectivity index (χ3v) is 6.92. The number of aryl methyl sites for hydroxylation is 2. The predicted octanol–water partition coefficient (Wildman–Crippen LogP) is 4.95. The molecule has 132 valence electrons. The van der Waals surface area contributed by atoms with E-state index in [9.17, 15) is 4.79 Å². The highest BCUT2D eigenvalue weighted by molar-refractivity contribution is 5.84. The van der Waals surface area contributed by atoms with Crippen molar-refractivity contribution >= 4 is 11.0 Å². The number of rotatable bonds is 0. The molecule has 0 radical (unpaired) electrons. The van der Waals surface area contributed by atoms with Crippen LogP contribution in [0.3, 0.4) is 0 Å². The van der Waals surface area contributed by atoms with Gasteiger partial charge < -0.3 is 9.15 Å². The molecule has 1 aliphatic heterocycles. The topological polar surface area (TPSA) is 39.4 Å². The van der Waals surface area contributed by atoms with Crippen LogP contribution in [0.2, 0.25) is 0 Å². The van der Waals surface area contributed by atoms with Gasteiger partial charge in [-0.25, -0.2) is 4.79 Å². The summed E-state index contributed by atoms with van der Waals surface area (Å²) in [6.45, 7) is 2.34. The van der Waals surface area contributed by atoms with Crippen LogP contribution in [-0.2, 0) is 19.3 Å². The SMILES string of the molecule is CC1CCCCC12CCc1cc3c4c(c(=O)oc3cc1O2)CCCC4. The first-order valence-corrected chi connectivity index (χ1v) is 9.97. The normalized spacial score (nSPS) is 28.4. The van der Waals surface area contributed by atoms with E-state index in [1.807, 2.05) is 6.07 Å². The molecule has 1 aromatic carbocycles.